The van der Waals surface area contributed by atoms with Crippen molar-refractivity contribution in [3.8, 4) is 11.3 Å². The topological polar surface area (TPSA) is 78.4 Å². The van der Waals surface area contributed by atoms with Gasteiger partial charge in [-0.25, -0.2) is 4.79 Å². The van der Waals surface area contributed by atoms with Crippen molar-refractivity contribution in [1.29, 1.82) is 0 Å². The highest BCUT2D eigenvalue weighted by Gasteiger charge is 2.22. The summed E-state index contributed by atoms with van der Waals surface area (Å²) in [5.41, 5.74) is 8.20. The molecule has 0 aliphatic carbocycles. The zero-order chi connectivity index (χ0) is 13.8. The predicted molar refractivity (Wildman–Crippen MR) is 71.7 cm³/mol. The van der Waals surface area contributed by atoms with Crippen molar-refractivity contribution < 1.29 is 14.1 Å². The van der Waals surface area contributed by atoms with Gasteiger partial charge in [0.1, 0.15) is 5.69 Å². The van der Waals surface area contributed by atoms with Crippen LogP contribution in [0.5, 0.6) is 0 Å². The van der Waals surface area contributed by atoms with E-state index in [1.165, 1.54) is 12.7 Å². The fourth-order valence-electron chi connectivity index (χ4n) is 1.92. The lowest BCUT2D eigenvalue weighted by Gasteiger charge is -2.02. The van der Waals surface area contributed by atoms with Crippen LogP contribution in [0.2, 0.25) is 0 Å². The Morgan fingerprint density at radius 3 is 2.63 bits per heavy atom. The molecule has 2 N–H and O–H groups in total. The van der Waals surface area contributed by atoms with Crippen LogP contribution in [-0.4, -0.2) is 18.2 Å². The van der Waals surface area contributed by atoms with E-state index < -0.39 is 5.97 Å². The normalized spacial score (nSPS) is 10.4. The van der Waals surface area contributed by atoms with Crippen molar-refractivity contribution in [2.24, 2.45) is 0 Å². The first-order valence-electron chi connectivity index (χ1n) is 6.10. The zero-order valence-electron chi connectivity index (χ0n) is 11.0. The molecule has 0 amide bonds. The molecular weight excluding hydrogens is 244 g/mol. The number of aromatic nitrogens is 1. The van der Waals surface area contributed by atoms with E-state index in [9.17, 15) is 4.79 Å². The number of methoxy groups -OCH3 is 1. The van der Waals surface area contributed by atoms with E-state index >= 15 is 0 Å². The standard InChI is InChI=1S/C14H16N2O3/c1-3-4-9-5-7-10(8-6-9)12-11(14(17)18-2)13(15)19-16-12/h5-8H,3-4,15H2,1-2H3. The molecule has 1 aromatic carbocycles. The van der Waals surface area contributed by atoms with E-state index in [2.05, 4.69) is 16.8 Å². The Balaban J connectivity index is 2.39. The number of esters is 1. The van der Waals surface area contributed by atoms with E-state index in [1.807, 2.05) is 24.3 Å². The van der Waals surface area contributed by atoms with Gasteiger partial charge in [0.05, 0.1) is 7.11 Å². The third kappa shape index (κ3) is 2.59. The molecule has 0 bridgehead atoms. The lowest BCUT2D eigenvalue weighted by Crippen LogP contribution is -2.04. The lowest BCUT2D eigenvalue weighted by molar-refractivity contribution is 0.0602. The highest BCUT2D eigenvalue weighted by Crippen LogP contribution is 2.28. The summed E-state index contributed by atoms with van der Waals surface area (Å²) in [6.07, 6.45) is 2.11. The number of anilines is 1. The fraction of sp³-hybridized carbons (Fsp3) is 0.286. The summed E-state index contributed by atoms with van der Waals surface area (Å²) in [6, 6.07) is 7.80. The number of ether oxygens (including phenoxy) is 1. The van der Waals surface area contributed by atoms with E-state index in [4.69, 9.17) is 10.3 Å². The van der Waals surface area contributed by atoms with Crippen LogP contribution in [0.1, 0.15) is 29.3 Å². The molecule has 5 nitrogen and oxygen atoms in total. The number of carbonyl (C=O) groups is 1. The Morgan fingerprint density at radius 2 is 2.05 bits per heavy atom. The van der Waals surface area contributed by atoms with E-state index in [0.29, 0.717) is 5.69 Å². The third-order valence-corrected chi connectivity index (χ3v) is 2.87. The van der Waals surface area contributed by atoms with Gasteiger partial charge < -0.3 is 15.0 Å². The van der Waals surface area contributed by atoms with Gasteiger partial charge in [-0.05, 0) is 12.0 Å². The van der Waals surface area contributed by atoms with Crippen molar-refractivity contribution in [1.82, 2.24) is 5.16 Å². The number of benzene rings is 1. The smallest absolute Gasteiger partial charge is 0.345 e. The molecule has 0 spiro atoms. The van der Waals surface area contributed by atoms with Crippen molar-refractivity contribution in [3.05, 3.63) is 35.4 Å². The van der Waals surface area contributed by atoms with Crippen LogP contribution in [0.25, 0.3) is 11.3 Å². The van der Waals surface area contributed by atoms with E-state index in [-0.39, 0.29) is 11.4 Å². The van der Waals surface area contributed by atoms with Gasteiger partial charge in [-0.3, -0.25) is 0 Å². The Morgan fingerprint density at radius 1 is 1.37 bits per heavy atom. The first-order chi connectivity index (χ1) is 9.17. The van der Waals surface area contributed by atoms with Crippen molar-refractivity contribution in [3.63, 3.8) is 0 Å². The summed E-state index contributed by atoms with van der Waals surface area (Å²) >= 11 is 0. The Bertz CT molecular complexity index is 573. The van der Waals surface area contributed by atoms with Crippen LogP contribution in [-0.2, 0) is 11.2 Å². The van der Waals surface area contributed by atoms with Gasteiger partial charge in [0.2, 0.25) is 5.88 Å². The van der Waals surface area contributed by atoms with Gasteiger partial charge in [0, 0.05) is 5.56 Å². The van der Waals surface area contributed by atoms with Gasteiger partial charge in [-0.1, -0.05) is 42.8 Å². The molecule has 100 valence electrons. The summed E-state index contributed by atoms with van der Waals surface area (Å²) in [5.74, 6) is -0.578. The number of nitrogens with zero attached hydrogens (tertiary/aromatic N) is 1. The molecule has 0 radical (unpaired) electrons. The maximum atomic E-state index is 11.7. The number of hydrogen-bond donors (Lipinski definition) is 1. The van der Waals surface area contributed by atoms with Crippen molar-refractivity contribution >= 4 is 11.9 Å². The summed E-state index contributed by atoms with van der Waals surface area (Å²) in [4.78, 5) is 11.7. The van der Waals surface area contributed by atoms with Crippen molar-refractivity contribution in [2.45, 2.75) is 19.8 Å². The third-order valence-electron chi connectivity index (χ3n) is 2.87. The lowest BCUT2D eigenvalue weighted by atomic mass is 10.0. The van der Waals surface area contributed by atoms with Gasteiger partial charge >= 0.3 is 5.97 Å². The fourth-order valence-corrected chi connectivity index (χ4v) is 1.92. The summed E-state index contributed by atoms with van der Waals surface area (Å²) in [6.45, 7) is 2.13. The maximum Gasteiger partial charge on any atom is 0.345 e. The van der Waals surface area contributed by atoms with E-state index in [1.54, 1.807) is 0 Å². The average Bonchev–Trinajstić information content (AvgIpc) is 2.81. The molecule has 0 saturated carbocycles. The molecule has 0 atom stereocenters. The number of carbonyl (C=O) groups excluding carboxylic acids is 1. The maximum absolute atomic E-state index is 11.7. The molecule has 2 aromatic rings. The second kappa shape index (κ2) is 5.56. The summed E-state index contributed by atoms with van der Waals surface area (Å²) < 4.78 is 9.56. The molecule has 5 heteroatoms. The number of hydrogen-bond acceptors (Lipinski definition) is 5. The van der Waals surface area contributed by atoms with Crippen LogP contribution < -0.4 is 5.73 Å². The molecule has 0 fully saturated rings. The van der Waals surface area contributed by atoms with Gasteiger partial charge in [-0.15, -0.1) is 0 Å². The van der Waals surface area contributed by atoms with Gasteiger partial charge in [0.25, 0.3) is 0 Å². The molecular formula is C14H16N2O3. The van der Waals surface area contributed by atoms with Crippen LogP contribution in [0, 0.1) is 0 Å². The molecule has 0 aliphatic rings. The summed E-state index contributed by atoms with van der Waals surface area (Å²) in [5, 5.41) is 3.83. The van der Waals surface area contributed by atoms with Crippen LogP contribution in [0.3, 0.4) is 0 Å². The van der Waals surface area contributed by atoms with Crippen LogP contribution >= 0.6 is 0 Å². The summed E-state index contributed by atoms with van der Waals surface area (Å²) in [7, 11) is 1.29. The second-order valence-electron chi connectivity index (χ2n) is 4.21. The Hall–Kier alpha value is -2.30. The van der Waals surface area contributed by atoms with E-state index in [0.717, 1.165) is 18.4 Å². The van der Waals surface area contributed by atoms with Crippen LogP contribution in [0.4, 0.5) is 5.88 Å². The van der Waals surface area contributed by atoms with Crippen molar-refractivity contribution in [2.75, 3.05) is 12.8 Å². The molecule has 0 saturated heterocycles. The molecule has 0 aliphatic heterocycles. The molecule has 1 heterocycles. The quantitative estimate of drug-likeness (QED) is 0.855. The number of nitrogen functional groups attached to an aromatic ring is 1. The zero-order valence-corrected chi connectivity index (χ0v) is 11.0. The predicted octanol–water partition coefficient (Wildman–Crippen LogP) is 2.66. The minimum Gasteiger partial charge on any atom is -0.465 e. The Kier molecular flexibility index (Phi) is 3.85. The van der Waals surface area contributed by atoms with Gasteiger partial charge in [-0.2, -0.15) is 0 Å². The second-order valence-corrected chi connectivity index (χ2v) is 4.21. The minimum atomic E-state index is -0.550. The minimum absolute atomic E-state index is 0.0283. The molecule has 0 unspecified atom stereocenters. The monoisotopic (exact) mass is 260 g/mol. The Labute approximate surface area is 111 Å². The molecule has 1 aromatic heterocycles. The molecule has 19 heavy (non-hydrogen) atoms. The largest absolute Gasteiger partial charge is 0.465 e. The highest BCUT2D eigenvalue weighted by molar-refractivity contribution is 6.00. The SMILES string of the molecule is CCCc1ccc(-c2noc(N)c2C(=O)OC)cc1. The average molecular weight is 260 g/mol. The first kappa shape index (κ1) is 13.1. The number of nitrogens with two attached hydrogens (primary N) is 1. The number of rotatable bonds is 4. The highest BCUT2D eigenvalue weighted by atomic mass is 16.5. The van der Waals surface area contributed by atoms with Gasteiger partial charge in [0.15, 0.2) is 5.56 Å². The molecule has 2 rings (SSSR count). The van der Waals surface area contributed by atoms with Crippen LogP contribution in [0.15, 0.2) is 28.8 Å². The first-order valence-corrected chi connectivity index (χ1v) is 6.10. The number of aryl methyl sites for hydroxylation is 1.